The number of hydrogen-bond donors (Lipinski definition) is 2. The molecule has 0 spiro atoms. The number of alkyl carbamates (subject to hydrolysis) is 1. The second-order valence-electron chi connectivity index (χ2n) is 5.06. The van der Waals surface area contributed by atoms with E-state index in [1.807, 2.05) is 0 Å². The van der Waals surface area contributed by atoms with Crippen molar-refractivity contribution in [3.8, 4) is 0 Å². The molecule has 1 rings (SSSR count). The van der Waals surface area contributed by atoms with E-state index in [1.165, 1.54) is 7.11 Å². The van der Waals surface area contributed by atoms with Crippen LogP contribution in [0.1, 0.15) is 27.2 Å². The number of hydrogen-bond acceptors (Lipinski definition) is 5. The van der Waals surface area contributed by atoms with Crippen molar-refractivity contribution in [1.82, 2.24) is 10.6 Å². The van der Waals surface area contributed by atoms with Crippen LogP contribution < -0.4 is 10.6 Å². The Kier molecular flexibility index (Phi) is 6.42. The number of ether oxygens (including phenoxy) is 2. The van der Waals surface area contributed by atoms with Crippen molar-refractivity contribution in [2.45, 2.75) is 44.9 Å². The molecule has 0 saturated carbocycles. The van der Waals surface area contributed by atoms with Crippen molar-refractivity contribution in [3.05, 3.63) is 0 Å². The fourth-order valence-electron chi connectivity index (χ4n) is 1.64. The third-order valence-electron chi connectivity index (χ3n) is 2.34. The molecule has 106 valence electrons. The summed E-state index contributed by atoms with van der Waals surface area (Å²) in [5.41, 5.74) is -0.516. The fourth-order valence-corrected chi connectivity index (χ4v) is 1.64. The highest BCUT2D eigenvalue weighted by Gasteiger charge is 2.31. The van der Waals surface area contributed by atoms with Gasteiger partial charge in [0.1, 0.15) is 11.6 Å². The highest BCUT2D eigenvalue weighted by molar-refractivity contribution is 5.85. The number of methoxy groups -OCH3 is 1. The Balaban J connectivity index is 0.00000289. The number of nitrogens with one attached hydrogen (secondary N) is 2. The Morgan fingerprint density at radius 3 is 2.44 bits per heavy atom. The van der Waals surface area contributed by atoms with E-state index in [9.17, 15) is 9.59 Å². The molecule has 2 atom stereocenters. The van der Waals surface area contributed by atoms with Gasteiger partial charge in [-0.15, -0.1) is 12.4 Å². The standard InChI is InChI=1S/C11H20N2O4.ClH/c1-11(2,3)17-10(15)13-7-5-8(12-6-7)9(14)16-4;/h7-8,12H,5-6H2,1-4H3,(H,13,15);1H/t7-,8?;/m0./s1. The van der Waals surface area contributed by atoms with Crippen molar-refractivity contribution < 1.29 is 19.1 Å². The van der Waals surface area contributed by atoms with Crippen LogP contribution in [0, 0.1) is 0 Å². The van der Waals surface area contributed by atoms with Crippen molar-refractivity contribution >= 4 is 24.5 Å². The quantitative estimate of drug-likeness (QED) is 0.733. The second kappa shape index (κ2) is 6.80. The van der Waals surface area contributed by atoms with Crippen LogP contribution in [0.3, 0.4) is 0 Å². The van der Waals surface area contributed by atoms with Crippen molar-refractivity contribution in [1.29, 1.82) is 0 Å². The molecule has 6 nitrogen and oxygen atoms in total. The molecule has 1 heterocycles. The van der Waals surface area contributed by atoms with Crippen LogP contribution in [-0.2, 0) is 14.3 Å². The number of amides is 1. The Morgan fingerprint density at radius 2 is 1.94 bits per heavy atom. The Hall–Kier alpha value is -1.01. The Bertz CT molecular complexity index is 304. The van der Waals surface area contributed by atoms with E-state index in [0.29, 0.717) is 13.0 Å². The van der Waals surface area contributed by atoms with Gasteiger partial charge in [0.15, 0.2) is 0 Å². The van der Waals surface area contributed by atoms with Crippen LogP contribution in [0.15, 0.2) is 0 Å². The van der Waals surface area contributed by atoms with E-state index in [1.54, 1.807) is 20.8 Å². The highest BCUT2D eigenvalue weighted by Crippen LogP contribution is 2.10. The maximum Gasteiger partial charge on any atom is 0.407 e. The van der Waals surface area contributed by atoms with E-state index >= 15 is 0 Å². The lowest BCUT2D eigenvalue weighted by Crippen LogP contribution is -2.40. The van der Waals surface area contributed by atoms with Gasteiger partial charge in [0.05, 0.1) is 7.11 Å². The minimum atomic E-state index is -0.516. The minimum Gasteiger partial charge on any atom is -0.468 e. The predicted molar refractivity (Wildman–Crippen MR) is 68.8 cm³/mol. The normalized spacial score (nSPS) is 22.9. The summed E-state index contributed by atoms with van der Waals surface area (Å²) in [4.78, 5) is 22.7. The summed E-state index contributed by atoms with van der Waals surface area (Å²) < 4.78 is 9.75. The van der Waals surface area contributed by atoms with Crippen LogP contribution in [-0.4, -0.2) is 43.4 Å². The second-order valence-corrected chi connectivity index (χ2v) is 5.06. The van der Waals surface area contributed by atoms with Gasteiger partial charge < -0.3 is 20.1 Å². The molecule has 0 aromatic heterocycles. The largest absolute Gasteiger partial charge is 0.468 e. The zero-order valence-corrected chi connectivity index (χ0v) is 11.9. The third kappa shape index (κ3) is 5.55. The van der Waals surface area contributed by atoms with Gasteiger partial charge in [-0.3, -0.25) is 4.79 Å². The van der Waals surface area contributed by atoms with E-state index in [-0.39, 0.29) is 30.5 Å². The summed E-state index contributed by atoms with van der Waals surface area (Å²) in [5, 5.41) is 5.69. The molecular weight excluding hydrogens is 260 g/mol. The molecule has 0 aliphatic carbocycles. The van der Waals surface area contributed by atoms with Gasteiger partial charge in [-0.05, 0) is 27.2 Å². The molecule has 1 fully saturated rings. The Labute approximate surface area is 113 Å². The molecule has 1 unspecified atom stereocenters. The van der Waals surface area contributed by atoms with E-state index < -0.39 is 11.7 Å². The number of carbonyl (C=O) groups is 2. The van der Waals surface area contributed by atoms with Gasteiger partial charge in [-0.1, -0.05) is 0 Å². The molecule has 0 aromatic rings. The number of halogens is 1. The molecule has 7 heteroatoms. The summed E-state index contributed by atoms with van der Waals surface area (Å²) in [7, 11) is 1.35. The van der Waals surface area contributed by atoms with Gasteiger partial charge in [-0.2, -0.15) is 0 Å². The maximum atomic E-state index is 11.5. The van der Waals surface area contributed by atoms with Crippen LogP contribution >= 0.6 is 12.4 Å². The van der Waals surface area contributed by atoms with Gasteiger partial charge in [0.25, 0.3) is 0 Å². The maximum absolute atomic E-state index is 11.5. The summed E-state index contributed by atoms with van der Waals surface area (Å²) in [5.74, 6) is -0.307. The Morgan fingerprint density at radius 1 is 1.33 bits per heavy atom. The smallest absolute Gasteiger partial charge is 0.407 e. The highest BCUT2D eigenvalue weighted by atomic mass is 35.5. The number of carbonyl (C=O) groups excluding carboxylic acids is 2. The van der Waals surface area contributed by atoms with Gasteiger partial charge >= 0.3 is 12.1 Å². The average molecular weight is 281 g/mol. The van der Waals surface area contributed by atoms with E-state index in [0.717, 1.165) is 0 Å². The van der Waals surface area contributed by atoms with Crippen LogP contribution in [0.2, 0.25) is 0 Å². The first-order valence-corrected chi connectivity index (χ1v) is 5.62. The third-order valence-corrected chi connectivity index (χ3v) is 2.34. The first-order valence-electron chi connectivity index (χ1n) is 5.62. The van der Waals surface area contributed by atoms with E-state index in [2.05, 4.69) is 15.4 Å². The molecule has 1 amide bonds. The molecule has 1 aliphatic rings. The molecule has 18 heavy (non-hydrogen) atoms. The van der Waals surface area contributed by atoms with Crippen molar-refractivity contribution in [3.63, 3.8) is 0 Å². The average Bonchev–Trinajstić information content (AvgIpc) is 2.62. The molecular formula is C11H21ClN2O4. The summed E-state index contributed by atoms with van der Waals surface area (Å²) >= 11 is 0. The predicted octanol–water partition coefficient (Wildman–Crippen LogP) is 0.836. The molecule has 1 saturated heterocycles. The van der Waals surface area contributed by atoms with Crippen LogP contribution in [0.5, 0.6) is 0 Å². The number of rotatable bonds is 2. The first kappa shape index (κ1) is 17.0. The van der Waals surface area contributed by atoms with Gasteiger partial charge in [-0.25, -0.2) is 4.79 Å². The minimum absolute atomic E-state index is 0. The SMILES string of the molecule is COC(=O)C1C[C@H](NC(=O)OC(C)(C)C)CN1.Cl. The van der Waals surface area contributed by atoms with Crippen LogP contribution in [0.4, 0.5) is 4.79 Å². The monoisotopic (exact) mass is 280 g/mol. The molecule has 1 aliphatic heterocycles. The molecule has 0 radical (unpaired) electrons. The topological polar surface area (TPSA) is 76.7 Å². The van der Waals surface area contributed by atoms with Gasteiger partial charge in [0, 0.05) is 12.6 Å². The lowest BCUT2D eigenvalue weighted by Gasteiger charge is -2.21. The molecule has 0 aromatic carbocycles. The van der Waals surface area contributed by atoms with Gasteiger partial charge in [0.2, 0.25) is 0 Å². The van der Waals surface area contributed by atoms with E-state index in [4.69, 9.17) is 4.74 Å². The lowest BCUT2D eigenvalue weighted by atomic mass is 10.2. The fraction of sp³-hybridized carbons (Fsp3) is 0.818. The van der Waals surface area contributed by atoms with Crippen LogP contribution in [0.25, 0.3) is 0 Å². The van der Waals surface area contributed by atoms with Crippen molar-refractivity contribution in [2.24, 2.45) is 0 Å². The lowest BCUT2D eigenvalue weighted by molar-refractivity contribution is -0.142. The summed E-state index contributed by atoms with van der Waals surface area (Å²) in [6.45, 7) is 5.95. The zero-order chi connectivity index (χ0) is 13.1. The zero-order valence-electron chi connectivity index (χ0n) is 11.1. The summed E-state index contributed by atoms with van der Waals surface area (Å²) in [6, 6.07) is -0.450. The first-order chi connectivity index (χ1) is 7.81. The molecule has 2 N–H and O–H groups in total. The number of esters is 1. The molecule has 0 bridgehead atoms. The van der Waals surface area contributed by atoms with Crippen molar-refractivity contribution in [2.75, 3.05) is 13.7 Å². The summed E-state index contributed by atoms with van der Waals surface area (Å²) in [6.07, 6.45) is 0.0566.